The molecule has 1 saturated heterocycles. The summed E-state index contributed by atoms with van der Waals surface area (Å²) in [5.74, 6) is -1.13. The molecule has 130 valence electrons. The number of aliphatic carboxylic acids is 1. The number of carbonyl (C=O) groups excluding carboxylic acids is 1. The van der Waals surface area contributed by atoms with Crippen LogP contribution in [0, 0.1) is 11.8 Å². The number of para-hydroxylation sites is 1. The minimum absolute atomic E-state index is 0.0466. The van der Waals surface area contributed by atoms with Crippen molar-refractivity contribution >= 4 is 17.8 Å². The van der Waals surface area contributed by atoms with Crippen LogP contribution in [0.2, 0.25) is 0 Å². The fourth-order valence-corrected chi connectivity index (χ4v) is 3.22. The van der Waals surface area contributed by atoms with Crippen LogP contribution >= 0.6 is 0 Å². The Labute approximate surface area is 143 Å². The zero-order valence-corrected chi connectivity index (χ0v) is 13.5. The molecule has 1 saturated carbocycles. The van der Waals surface area contributed by atoms with Crippen LogP contribution in [0.4, 0.5) is 5.95 Å². The molecule has 2 aromatic rings. The smallest absolute Gasteiger partial charge is 0.307 e. The van der Waals surface area contributed by atoms with Gasteiger partial charge in [0.2, 0.25) is 11.9 Å². The number of carboxylic acid groups (broad SMARTS) is 1. The summed E-state index contributed by atoms with van der Waals surface area (Å²) >= 11 is 0. The van der Waals surface area contributed by atoms with Crippen LogP contribution in [0.15, 0.2) is 30.3 Å². The minimum Gasteiger partial charge on any atom is -0.481 e. The van der Waals surface area contributed by atoms with Gasteiger partial charge in [0.05, 0.1) is 17.5 Å². The summed E-state index contributed by atoms with van der Waals surface area (Å²) in [7, 11) is 0. The van der Waals surface area contributed by atoms with Gasteiger partial charge in [-0.05, 0) is 29.0 Å². The quantitative estimate of drug-likeness (QED) is 0.836. The zero-order chi connectivity index (χ0) is 17.4. The van der Waals surface area contributed by atoms with Crippen molar-refractivity contribution in [3.8, 4) is 5.69 Å². The van der Waals surface area contributed by atoms with Gasteiger partial charge >= 0.3 is 5.97 Å². The Kier molecular flexibility index (Phi) is 3.83. The molecule has 0 spiro atoms. The van der Waals surface area contributed by atoms with E-state index in [9.17, 15) is 9.59 Å². The number of benzene rings is 1. The Hall–Kier alpha value is -2.97. The maximum Gasteiger partial charge on any atom is 0.307 e. The van der Waals surface area contributed by atoms with Crippen molar-refractivity contribution in [3.63, 3.8) is 0 Å². The molecule has 2 heterocycles. The van der Waals surface area contributed by atoms with E-state index < -0.39 is 11.9 Å². The molecular weight excluding hydrogens is 324 g/mol. The van der Waals surface area contributed by atoms with Gasteiger partial charge in [-0.1, -0.05) is 23.3 Å². The van der Waals surface area contributed by atoms with Crippen LogP contribution in [0.1, 0.15) is 6.42 Å². The Morgan fingerprint density at radius 2 is 1.76 bits per heavy atom. The van der Waals surface area contributed by atoms with E-state index in [0.29, 0.717) is 38.5 Å². The van der Waals surface area contributed by atoms with Gasteiger partial charge in [-0.25, -0.2) is 0 Å². The lowest BCUT2D eigenvalue weighted by Gasteiger charge is -2.35. The highest BCUT2D eigenvalue weighted by Gasteiger charge is 2.50. The summed E-state index contributed by atoms with van der Waals surface area (Å²) in [5, 5.41) is 20.9. The van der Waals surface area contributed by atoms with Gasteiger partial charge in [-0.15, -0.1) is 0 Å². The fraction of sp³-hybridized carbons (Fsp3) is 0.438. The third-order valence-electron chi connectivity index (χ3n) is 4.75. The molecule has 1 N–H and O–H groups in total. The van der Waals surface area contributed by atoms with Crippen molar-refractivity contribution in [2.24, 2.45) is 11.8 Å². The summed E-state index contributed by atoms with van der Waals surface area (Å²) in [5.41, 5.74) is 0.878. The summed E-state index contributed by atoms with van der Waals surface area (Å²) in [6.45, 7) is 2.32. The molecular formula is C16H18N6O3. The highest BCUT2D eigenvalue weighted by Crippen LogP contribution is 2.40. The van der Waals surface area contributed by atoms with Gasteiger partial charge in [0.25, 0.3) is 0 Å². The first-order valence-electron chi connectivity index (χ1n) is 8.25. The summed E-state index contributed by atoms with van der Waals surface area (Å²) in [6, 6.07) is 9.63. The molecule has 1 aliphatic carbocycles. The lowest BCUT2D eigenvalue weighted by molar-refractivity contribution is -0.142. The van der Waals surface area contributed by atoms with Gasteiger partial charge in [-0.3, -0.25) is 9.59 Å². The number of anilines is 1. The Morgan fingerprint density at radius 1 is 1.04 bits per heavy atom. The molecule has 1 amide bonds. The molecule has 9 nitrogen and oxygen atoms in total. The number of piperazine rings is 1. The van der Waals surface area contributed by atoms with Crippen LogP contribution in [0.5, 0.6) is 0 Å². The largest absolute Gasteiger partial charge is 0.481 e. The zero-order valence-electron chi connectivity index (χ0n) is 13.5. The van der Waals surface area contributed by atoms with Crippen molar-refractivity contribution in [1.29, 1.82) is 0 Å². The van der Waals surface area contributed by atoms with Crippen LogP contribution < -0.4 is 4.90 Å². The van der Waals surface area contributed by atoms with E-state index in [1.165, 1.54) is 0 Å². The molecule has 0 bridgehead atoms. The Morgan fingerprint density at radius 3 is 2.40 bits per heavy atom. The van der Waals surface area contributed by atoms with E-state index in [1.807, 2.05) is 35.2 Å². The number of carbonyl (C=O) groups is 2. The fourth-order valence-electron chi connectivity index (χ4n) is 3.22. The highest BCUT2D eigenvalue weighted by molar-refractivity contribution is 5.89. The second-order valence-electron chi connectivity index (χ2n) is 6.33. The lowest BCUT2D eigenvalue weighted by atomic mass is 10.2. The van der Waals surface area contributed by atoms with Crippen molar-refractivity contribution in [2.45, 2.75) is 6.42 Å². The van der Waals surface area contributed by atoms with Crippen molar-refractivity contribution in [2.75, 3.05) is 31.1 Å². The first-order chi connectivity index (χ1) is 12.1. The van der Waals surface area contributed by atoms with Crippen LogP contribution in [-0.4, -0.2) is 68.3 Å². The van der Waals surface area contributed by atoms with E-state index in [-0.39, 0.29) is 11.8 Å². The third-order valence-corrected chi connectivity index (χ3v) is 4.75. The standard InChI is InChI=1S/C16H18N6O3/c23-14(12-10-13(12)15(24)25)20-6-8-21(9-7-20)16-17-18-19-22(16)11-4-2-1-3-5-11/h1-5,12-13H,6-10H2,(H,24,25)/t12-,13+/m1/s1. The van der Waals surface area contributed by atoms with Gasteiger partial charge < -0.3 is 14.9 Å². The molecule has 1 aromatic carbocycles. The maximum atomic E-state index is 12.4. The SMILES string of the molecule is O=C(O)[C@H]1C[C@H]1C(=O)N1CCN(c2nnnn2-c2ccccc2)CC1. The van der Waals surface area contributed by atoms with E-state index in [0.717, 1.165) is 5.69 Å². The van der Waals surface area contributed by atoms with Crippen LogP contribution in [0.3, 0.4) is 0 Å². The van der Waals surface area contributed by atoms with Gasteiger partial charge in [0, 0.05) is 26.2 Å². The molecule has 1 aliphatic heterocycles. The predicted molar refractivity (Wildman–Crippen MR) is 87.2 cm³/mol. The summed E-state index contributed by atoms with van der Waals surface area (Å²) in [6.07, 6.45) is 0.459. The second kappa shape index (κ2) is 6.15. The number of tetrazole rings is 1. The number of hydrogen-bond acceptors (Lipinski definition) is 6. The maximum absolute atomic E-state index is 12.4. The van der Waals surface area contributed by atoms with Gasteiger partial charge in [0.1, 0.15) is 0 Å². The number of hydrogen-bond donors (Lipinski definition) is 1. The van der Waals surface area contributed by atoms with Gasteiger partial charge in [0.15, 0.2) is 0 Å². The first kappa shape index (κ1) is 15.6. The van der Waals surface area contributed by atoms with Crippen molar-refractivity contribution < 1.29 is 14.7 Å². The number of carboxylic acids is 1. The van der Waals surface area contributed by atoms with Crippen molar-refractivity contribution in [3.05, 3.63) is 30.3 Å². The third kappa shape index (κ3) is 2.92. The Balaban J connectivity index is 1.41. The highest BCUT2D eigenvalue weighted by atomic mass is 16.4. The summed E-state index contributed by atoms with van der Waals surface area (Å²) < 4.78 is 1.68. The Bertz CT molecular complexity index is 784. The van der Waals surface area contributed by atoms with E-state index >= 15 is 0 Å². The topological polar surface area (TPSA) is 104 Å². The second-order valence-corrected chi connectivity index (χ2v) is 6.33. The molecule has 0 unspecified atom stereocenters. The molecule has 25 heavy (non-hydrogen) atoms. The molecule has 2 aliphatic rings. The van der Waals surface area contributed by atoms with Crippen LogP contribution in [-0.2, 0) is 9.59 Å². The van der Waals surface area contributed by atoms with E-state index in [1.54, 1.807) is 9.58 Å². The predicted octanol–water partition coefficient (Wildman–Crippen LogP) is 0.0316. The molecule has 4 rings (SSSR count). The normalized spacial score (nSPS) is 22.7. The van der Waals surface area contributed by atoms with E-state index in [2.05, 4.69) is 15.5 Å². The number of rotatable bonds is 4. The number of aromatic nitrogens is 4. The lowest BCUT2D eigenvalue weighted by Crippen LogP contribution is -2.50. The number of nitrogens with zero attached hydrogens (tertiary/aromatic N) is 6. The average Bonchev–Trinajstić information content (AvgIpc) is 3.31. The summed E-state index contributed by atoms with van der Waals surface area (Å²) in [4.78, 5) is 27.1. The number of amides is 1. The monoisotopic (exact) mass is 342 g/mol. The molecule has 2 fully saturated rings. The molecule has 9 heteroatoms. The van der Waals surface area contributed by atoms with Crippen molar-refractivity contribution in [1.82, 2.24) is 25.1 Å². The van der Waals surface area contributed by atoms with Gasteiger partial charge in [-0.2, -0.15) is 4.68 Å². The van der Waals surface area contributed by atoms with Crippen LogP contribution in [0.25, 0.3) is 5.69 Å². The molecule has 0 radical (unpaired) electrons. The average molecular weight is 342 g/mol. The minimum atomic E-state index is -0.876. The molecule has 2 atom stereocenters. The van der Waals surface area contributed by atoms with E-state index in [4.69, 9.17) is 5.11 Å². The first-order valence-corrected chi connectivity index (χ1v) is 8.25. The molecule has 1 aromatic heterocycles.